The Morgan fingerprint density at radius 2 is 2.20 bits per heavy atom. The van der Waals surface area contributed by atoms with Gasteiger partial charge in [0.1, 0.15) is 5.76 Å². The Kier molecular flexibility index (Phi) is 4.11. The zero-order chi connectivity index (χ0) is 9.97. The van der Waals surface area contributed by atoms with E-state index in [1.54, 1.807) is 0 Å². The topological polar surface area (TPSA) is 75.4 Å². The highest BCUT2D eigenvalue weighted by Crippen LogP contribution is 2.27. The SMILES string of the molecule is Cl.O=C(O)c1ncoc1C1CCNCC1. The van der Waals surface area contributed by atoms with E-state index < -0.39 is 5.97 Å². The van der Waals surface area contributed by atoms with Gasteiger partial charge in [-0.2, -0.15) is 0 Å². The van der Waals surface area contributed by atoms with Gasteiger partial charge < -0.3 is 14.8 Å². The standard InChI is InChI=1S/C9H12N2O3.ClH/c12-9(13)7-8(14-5-11-7)6-1-3-10-4-2-6;/h5-6,10H,1-4H2,(H,12,13);1H. The van der Waals surface area contributed by atoms with Gasteiger partial charge in [0.2, 0.25) is 0 Å². The van der Waals surface area contributed by atoms with E-state index in [1.165, 1.54) is 6.39 Å². The summed E-state index contributed by atoms with van der Waals surface area (Å²) < 4.78 is 5.15. The van der Waals surface area contributed by atoms with E-state index in [9.17, 15) is 4.79 Å². The number of nitrogens with one attached hydrogen (secondary N) is 1. The minimum Gasteiger partial charge on any atom is -0.476 e. The monoisotopic (exact) mass is 232 g/mol. The number of carboxylic acids is 1. The molecular formula is C9H13ClN2O3. The van der Waals surface area contributed by atoms with Gasteiger partial charge >= 0.3 is 5.97 Å². The third-order valence-electron chi connectivity index (χ3n) is 2.51. The van der Waals surface area contributed by atoms with Gasteiger partial charge in [-0.1, -0.05) is 0 Å². The van der Waals surface area contributed by atoms with E-state index in [0.717, 1.165) is 25.9 Å². The van der Waals surface area contributed by atoms with Gasteiger partial charge in [-0.25, -0.2) is 9.78 Å². The van der Waals surface area contributed by atoms with Crippen molar-refractivity contribution in [2.24, 2.45) is 0 Å². The number of carbonyl (C=O) groups is 1. The maximum absolute atomic E-state index is 10.8. The first-order valence-corrected chi connectivity index (χ1v) is 4.66. The second kappa shape index (κ2) is 5.14. The van der Waals surface area contributed by atoms with Crippen LogP contribution in [-0.4, -0.2) is 29.1 Å². The van der Waals surface area contributed by atoms with Crippen molar-refractivity contribution in [3.8, 4) is 0 Å². The lowest BCUT2D eigenvalue weighted by atomic mass is 9.94. The second-order valence-corrected chi connectivity index (χ2v) is 3.39. The van der Waals surface area contributed by atoms with Crippen LogP contribution in [0.3, 0.4) is 0 Å². The van der Waals surface area contributed by atoms with E-state index in [-0.39, 0.29) is 24.0 Å². The summed E-state index contributed by atoms with van der Waals surface area (Å²) in [6, 6.07) is 0. The van der Waals surface area contributed by atoms with Crippen LogP contribution in [0.25, 0.3) is 0 Å². The molecule has 5 nitrogen and oxygen atoms in total. The highest BCUT2D eigenvalue weighted by atomic mass is 35.5. The normalized spacial score (nSPS) is 17.1. The van der Waals surface area contributed by atoms with Gasteiger partial charge in [-0.15, -0.1) is 12.4 Å². The van der Waals surface area contributed by atoms with E-state index in [1.807, 2.05) is 0 Å². The molecule has 1 fully saturated rings. The molecule has 1 aliphatic heterocycles. The fraction of sp³-hybridized carbons (Fsp3) is 0.556. The summed E-state index contributed by atoms with van der Waals surface area (Å²) in [4.78, 5) is 14.5. The first kappa shape index (κ1) is 12.0. The molecule has 1 aromatic rings. The predicted octanol–water partition coefficient (Wildman–Crippen LogP) is 1.26. The quantitative estimate of drug-likeness (QED) is 0.803. The number of piperidine rings is 1. The molecule has 0 atom stereocenters. The number of hydrogen-bond donors (Lipinski definition) is 2. The number of oxazole rings is 1. The Bertz CT molecular complexity index is 334. The van der Waals surface area contributed by atoms with Crippen molar-refractivity contribution in [2.45, 2.75) is 18.8 Å². The molecule has 15 heavy (non-hydrogen) atoms. The Labute approximate surface area is 93.3 Å². The van der Waals surface area contributed by atoms with Crippen molar-refractivity contribution in [3.63, 3.8) is 0 Å². The Morgan fingerprint density at radius 3 is 2.80 bits per heavy atom. The smallest absolute Gasteiger partial charge is 0.358 e. The average molecular weight is 233 g/mol. The fourth-order valence-electron chi connectivity index (χ4n) is 1.79. The molecule has 0 saturated carbocycles. The minimum absolute atomic E-state index is 0. The molecule has 6 heteroatoms. The van der Waals surface area contributed by atoms with E-state index in [4.69, 9.17) is 9.52 Å². The molecule has 1 aliphatic rings. The number of rotatable bonds is 2. The molecule has 0 amide bonds. The third kappa shape index (κ3) is 2.49. The Morgan fingerprint density at radius 1 is 1.53 bits per heavy atom. The molecule has 1 saturated heterocycles. The highest BCUT2D eigenvalue weighted by molar-refractivity contribution is 5.86. The summed E-state index contributed by atoms with van der Waals surface area (Å²) in [7, 11) is 0. The molecule has 0 bridgehead atoms. The molecule has 84 valence electrons. The molecule has 1 aromatic heterocycles. The van der Waals surface area contributed by atoms with Crippen LogP contribution in [0.15, 0.2) is 10.8 Å². The number of carboxylic acid groups (broad SMARTS) is 1. The van der Waals surface area contributed by atoms with Crippen LogP contribution in [0.2, 0.25) is 0 Å². The van der Waals surface area contributed by atoms with Crippen LogP contribution in [-0.2, 0) is 0 Å². The molecular weight excluding hydrogens is 220 g/mol. The zero-order valence-electron chi connectivity index (χ0n) is 8.10. The minimum atomic E-state index is -1.01. The van der Waals surface area contributed by atoms with E-state index >= 15 is 0 Å². The average Bonchev–Trinajstić information content (AvgIpc) is 2.67. The second-order valence-electron chi connectivity index (χ2n) is 3.39. The number of aromatic nitrogens is 1. The van der Waals surface area contributed by atoms with Gasteiger partial charge in [0.15, 0.2) is 12.1 Å². The number of nitrogens with zero attached hydrogens (tertiary/aromatic N) is 1. The molecule has 2 heterocycles. The van der Waals surface area contributed by atoms with Crippen molar-refractivity contribution in [3.05, 3.63) is 17.8 Å². The molecule has 0 aromatic carbocycles. The van der Waals surface area contributed by atoms with Gasteiger partial charge in [0.25, 0.3) is 0 Å². The van der Waals surface area contributed by atoms with E-state index in [0.29, 0.717) is 5.76 Å². The number of hydrogen-bond acceptors (Lipinski definition) is 4. The van der Waals surface area contributed by atoms with E-state index in [2.05, 4.69) is 10.3 Å². The van der Waals surface area contributed by atoms with Crippen LogP contribution in [0.4, 0.5) is 0 Å². The summed E-state index contributed by atoms with van der Waals surface area (Å²) >= 11 is 0. The lowest BCUT2D eigenvalue weighted by Crippen LogP contribution is -2.27. The van der Waals surface area contributed by atoms with Crippen LogP contribution >= 0.6 is 12.4 Å². The molecule has 2 rings (SSSR count). The van der Waals surface area contributed by atoms with Crippen molar-refractivity contribution in [1.29, 1.82) is 0 Å². The molecule has 0 unspecified atom stereocenters. The van der Waals surface area contributed by atoms with Gasteiger partial charge in [0, 0.05) is 5.92 Å². The molecule has 0 spiro atoms. The molecule has 0 radical (unpaired) electrons. The predicted molar refractivity (Wildman–Crippen MR) is 55.6 cm³/mol. The van der Waals surface area contributed by atoms with Crippen molar-refractivity contribution in [1.82, 2.24) is 10.3 Å². The van der Waals surface area contributed by atoms with Gasteiger partial charge in [-0.05, 0) is 25.9 Å². The first-order chi connectivity index (χ1) is 6.79. The maximum atomic E-state index is 10.8. The summed E-state index contributed by atoms with van der Waals surface area (Å²) in [6.07, 6.45) is 3.03. The Hall–Kier alpha value is -1.07. The Balaban J connectivity index is 0.00000112. The third-order valence-corrected chi connectivity index (χ3v) is 2.51. The van der Waals surface area contributed by atoms with Crippen molar-refractivity contribution >= 4 is 18.4 Å². The van der Waals surface area contributed by atoms with Crippen LogP contribution < -0.4 is 5.32 Å². The fourth-order valence-corrected chi connectivity index (χ4v) is 1.79. The maximum Gasteiger partial charge on any atom is 0.358 e. The lowest BCUT2D eigenvalue weighted by molar-refractivity contribution is 0.0687. The zero-order valence-corrected chi connectivity index (χ0v) is 8.92. The van der Waals surface area contributed by atoms with Gasteiger partial charge in [-0.3, -0.25) is 0 Å². The first-order valence-electron chi connectivity index (χ1n) is 4.66. The van der Waals surface area contributed by atoms with Crippen LogP contribution in [0.1, 0.15) is 35.0 Å². The summed E-state index contributed by atoms with van der Waals surface area (Å²) in [5, 5.41) is 12.1. The van der Waals surface area contributed by atoms with Gasteiger partial charge in [0.05, 0.1) is 0 Å². The summed E-state index contributed by atoms with van der Waals surface area (Å²) in [6.45, 7) is 1.81. The molecule has 0 aliphatic carbocycles. The number of halogens is 1. The largest absolute Gasteiger partial charge is 0.476 e. The summed E-state index contributed by atoms with van der Waals surface area (Å²) in [5.41, 5.74) is 0.0666. The summed E-state index contributed by atoms with van der Waals surface area (Å²) in [5.74, 6) is -0.281. The van der Waals surface area contributed by atoms with Crippen molar-refractivity contribution in [2.75, 3.05) is 13.1 Å². The highest BCUT2D eigenvalue weighted by Gasteiger charge is 2.25. The van der Waals surface area contributed by atoms with Crippen molar-refractivity contribution < 1.29 is 14.3 Å². The number of aromatic carboxylic acids is 1. The van der Waals surface area contributed by atoms with Crippen LogP contribution in [0, 0.1) is 0 Å². The lowest BCUT2D eigenvalue weighted by Gasteiger charge is -2.20. The van der Waals surface area contributed by atoms with Crippen LogP contribution in [0.5, 0.6) is 0 Å². The molecule has 2 N–H and O–H groups in total.